The highest BCUT2D eigenvalue weighted by Crippen LogP contribution is 2.39. The third-order valence-corrected chi connectivity index (χ3v) is 4.95. The van der Waals surface area contributed by atoms with Gasteiger partial charge < -0.3 is 25.3 Å². The fraction of sp³-hybridized carbons (Fsp3) is 0.304. The monoisotopic (exact) mass is 398 g/mol. The van der Waals surface area contributed by atoms with Crippen molar-refractivity contribution in [2.24, 2.45) is 0 Å². The number of rotatable bonds is 8. The van der Waals surface area contributed by atoms with Crippen LogP contribution in [-0.4, -0.2) is 33.5 Å². The molecule has 2 rings (SSSR count). The SMILES string of the molecule is C=C(O)N(/C(=C\C)c1cc(CC)c(O)cc1O)c1ccc(O)c(N(CC)CC)c1. The maximum Gasteiger partial charge on any atom is 0.188 e. The molecule has 0 aliphatic carbocycles. The Bertz CT molecular complexity index is 917. The van der Waals surface area contributed by atoms with Gasteiger partial charge in [0.25, 0.3) is 0 Å². The van der Waals surface area contributed by atoms with E-state index in [0.717, 1.165) is 0 Å². The second-order valence-corrected chi connectivity index (χ2v) is 6.62. The van der Waals surface area contributed by atoms with E-state index in [-0.39, 0.29) is 23.1 Å². The van der Waals surface area contributed by atoms with Crippen molar-refractivity contribution in [3.8, 4) is 17.2 Å². The third-order valence-electron chi connectivity index (χ3n) is 4.95. The van der Waals surface area contributed by atoms with Crippen molar-refractivity contribution in [3.63, 3.8) is 0 Å². The summed E-state index contributed by atoms with van der Waals surface area (Å²) in [6, 6.07) is 8.01. The van der Waals surface area contributed by atoms with E-state index in [4.69, 9.17) is 0 Å². The van der Waals surface area contributed by atoms with E-state index >= 15 is 0 Å². The molecule has 2 aromatic rings. The van der Waals surface area contributed by atoms with Gasteiger partial charge in [-0.2, -0.15) is 0 Å². The largest absolute Gasteiger partial charge is 0.508 e. The zero-order chi connectivity index (χ0) is 21.7. The minimum absolute atomic E-state index is 0.0204. The number of aliphatic hydroxyl groups excluding tert-OH is 1. The van der Waals surface area contributed by atoms with E-state index in [1.165, 1.54) is 11.0 Å². The van der Waals surface area contributed by atoms with E-state index in [1.54, 1.807) is 37.3 Å². The first-order valence-electron chi connectivity index (χ1n) is 9.76. The molecule has 0 atom stereocenters. The summed E-state index contributed by atoms with van der Waals surface area (Å²) in [5.41, 5.74) is 2.85. The molecule has 0 aromatic heterocycles. The predicted octanol–water partition coefficient (Wildman–Crippen LogP) is 5.11. The average molecular weight is 399 g/mol. The van der Waals surface area contributed by atoms with Crippen molar-refractivity contribution < 1.29 is 20.4 Å². The van der Waals surface area contributed by atoms with Crippen LogP contribution in [0.1, 0.15) is 38.8 Å². The molecule has 29 heavy (non-hydrogen) atoms. The van der Waals surface area contributed by atoms with Gasteiger partial charge in [-0.1, -0.05) is 13.0 Å². The fourth-order valence-electron chi connectivity index (χ4n) is 3.41. The van der Waals surface area contributed by atoms with Crippen LogP contribution in [0.25, 0.3) is 5.70 Å². The normalized spacial score (nSPS) is 11.4. The lowest BCUT2D eigenvalue weighted by Crippen LogP contribution is -2.24. The fourth-order valence-corrected chi connectivity index (χ4v) is 3.41. The average Bonchev–Trinajstić information content (AvgIpc) is 2.69. The number of allylic oxidation sites excluding steroid dienone is 1. The van der Waals surface area contributed by atoms with Crippen LogP contribution in [0, 0.1) is 0 Å². The lowest BCUT2D eigenvalue weighted by molar-refractivity contribution is 0.405. The van der Waals surface area contributed by atoms with Gasteiger partial charge in [0, 0.05) is 24.7 Å². The first-order chi connectivity index (χ1) is 13.8. The van der Waals surface area contributed by atoms with Crippen LogP contribution >= 0.6 is 0 Å². The number of nitrogens with zero attached hydrogens (tertiary/aromatic N) is 2. The van der Waals surface area contributed by atoms with Crippen LogP contribution < -0.4 is 9.80 Å². The van der Waals surface area contributed by atoms with Crippen molar-refractivity contribution >= 4 is 17.1 Å². The zero-order valence-corrected chi connectivity index (χ0v) is 17.5. The summed E-state index contributed by atoms with van der Waals surface area (Å²) in [6.45, 7) is 12.8. The topological polar surface area (TPSA) is 87.4 Å². The Hall–Kier alpha value is -3.28. The van der Waals surface area contributed by atoms with Gasteiger partial charge in [0.2, 0.25) is 0 Å². The summed E-state index contributed by atoms with van der Waals surface area (Å²) in [4.78, 5) is 3.50. The van der Waals surface area contributed by atoms with E-state index in [2.05, 4.69) is 6.58 Å². The number of hydrogen-bond acceptors (Lipinski definition) is 6. The van der Waals surface area contributed by atoms with Crippen molar-refractivity contribution in [2.45, 2.75) is 34.1 Å². The van der Waals surface area contributed by atoms with Gasteiger partial charge >= 0.3 is 0 Å². The van der Waals surface area contributed by atoms with Crippen molar-refractivity contribution in [2.75, 3.05) is 22.9 Å². The molecule has 0 saturated carbocycles. The summed E-state index contributed by atoms with van der Waals surface area (Å²) in [7, 11) is 0. The predicted molar refractivity (Wildman–Crippen MR) is 119 cm³/mol. The molecule has 0 aliphatic rings. The molecule has 0 bridgehead atoms. The molecule has 0 unspecified atom stereocenters. The van der Waals surface area contributed by atoms with Gasteiger partial charge in [-0.3, -0.25) is 4.90 Å². The second-order valence-electron chi connectivity index (χ2n) is 6.62. The molecule has 2 aromatic carbocycles. The molecule has 6 heteroatoms. The minimum atomic E-state index is -0.236. The highest BCUT2D eigenvalue weighted by atomic mass is 16.3. The Morgan fingerprint density at radius 3 is 2.14 bits per heavy atom. The Kier molecular flexibility index (Phi) is 7.04. The van der Waals surface area contributed by atoms with E-state index in [1.807, 2.05) is 25.7 Å². The molecule has 0 spiro atoms. The van der Waals surface area contributed by atoms with Crippen LogP contribution in [0.5, 0.6) is 17.2 Å². The van der Waals surface area contributed by atoms with E-state index in [9.17, 15) is 20.4 Å². The molecular formula is C23H30N2O4. The molecule has 0 aliphatic heterocycles. The molecule has 0 radical (unpaired) electrons. The quantitative estimate of drug-likeness (QED) is 0.462. The van der Waals surface area contributed by atoms with Crippen molar-refractivity contribution in [1.82, 2.24) is 0 Å². The summed E-state index contributed by atoms with van der Waals surface area (Å²) >= 11 is 0. The number of anilines is 2. The molecule has 156 valence electrons. The van der Waals surface area contributed by atoms with Gasteiger partial charge in [0.05, 0.1) is 17.1 Å². The standard InChI is InChI=1S/C23H30N2O4/c1-6-16-12-18(23(29)14-22(16)28)19(7-2)25(15(5)26)17-10-11-21(27)20(13-17)24(8-3)9-4/h7,10-14,26-29H,5-6,8-9H2,1-4H3/b19-7-. The third kappa shape index (κ3) is 4.42. The number of aliphatic hydroxyl groups is 1. The van der Waals surface area contributed by atoms with Gasteiger partial charge in [0.1, 0.15) is 17.2 Å². The molecule has 0 saturated heterocycles. The molecule has 0 fully saturated rings. The van der Waals surface area contributed by atoms with Gasteiger partial charge in [-0.05, 0) is 63.6 Å². The molecule has 6 nitrogen and oxygen atoms in total. The molecule has 0 heterocycles. The highest BCUT2D eigenvalue weighted by molar-refractivity contribution is 5.86. The maximum atomic E-state index is 10.5. The van der Waals surface area contributed by atoms with E-state index in [0.29, 0.717) is 47.7 Å². The van der Waals surface area contributed by atoms with Gasteiger partial charge in [0.15, 0.2) is 5.88 Å². The molecule has 4 N–H and O–H groups in total. The smallest absolute Gasteiger partial charge is 0.188 e. The Labute approximate surface area is 172 Å². The van der Waals surface area contributed by atoms with Gasteiger partial charge in [-0.25, -0.2) is 0 Å². The number of aryl methyl sites for hydroxylation is 1. The summed E-state index contributed by atoms with van der Waals surface area (Å²) in [6.07, 6.45) is 2.33. The number of phenols is 3. The molecular weight excluding hydrogens is 368 g/mol. The number of aromatic hydroxyl groups is 3. The lowest BCUT2D eigenvalue weighted by atomic mass is 10.0. The summed E-state index contributed by atoms with van der Waals surface area (Å²) < 4.78 is 0. The number of hydrogen-bond donors (Lipinski definition) is 4. The lowest BCUT2D eigenvalue weighted by Gasteiger charge is -2.29. The van der Waals surface area contributed by atoms with Gasteiger partial charge in [-0.15, -0.1) is 0 Å². The van der Waals surface area contributed by atoms with Crippen LogP contribution in [0.4, 0.5) is 11.4 Å². The Morgan fingerprint density at radius 1 is 0.966 bits per heavy atom. The second kappa shape index (κ2) is 9.28. The maximum absolute atomic E-state index is 10.5. The van der Waals surface area contributed by atoms with Crippen LogP contribution in [0.15, 0.2) is 48.9 Å². The minimum Gasteiger partial charge on any atom is -0.508 e. The zero-order valence-electron chi connectivity index (χ0n) is 17.5. The van der Waals surface area contributed by atoms with Crippen molar-refractivity contribution in [1.29, 1.82) is 0 Å². The Balaban J connectivity index is 2.65. The van der Waals surface area contributed by atoms with Crippen LogP contribution in [0.2, 0.25) is 0 Å². The first kappa shape index (κ1) is 22.0. The molecule has 0 amide bonds. The van der Waals surface area contributed by atoms with Crippen molar-refractivity contribution in [3.05, 3.63) is 60.0 Å². The number of benzene rings is 2. The van der Waals surface area contributed by atoms with E-state index < -0.39 is 0 Å². The highest BCUT2D eigenvalue weighted by Gasteiger charge is 2.22. The number of phenolic OH excluding ortho intramolecular Hbond substituents is 3. The first-order valence-corrected chi connectivity index (χ1v) is 9.76. The Morgan fingerprint density at radius 2 is 1.62 bits per heavy atom. The summed E-state index contributed by atoms with van der Waals surface area (Å²) in [5.74, 6) is -0.183. The van der Waals surface area contributed by atoms with Crippen LogP contribution in [0.3, 0.4) is 0 Å². The summed E-state index contributed by atoms with van der Waals surface area (Å²) in [5, 5.41) is 41.2. The van der Waals surface area contributed by atoms with Crippen LogP contribution in [-0.2, 0) is 6.42 Å².